The zero-order chi connectivity index (χ0) is 15.9. The van der Waals surface area contributed by atoms with Crippen LogP contribution in [0.15, 0.2) is 47.8 Å². The Balaban J connectivity index is 1.56. The Hall–Kier alpha value is -1.20. The number of hydrogen-bond acceptors (Lipinski definition) is 4. The van der Waals surface area contributed by atoms with Crippen molar-refractivity contribution in [1.29, 1.82) is 0 Å². The van der Waals surface area contributed by atoms with Gasteiger partial charge in [-0.1, -0.05) is 43.3 Å². The Morgan fingerprint density at radius 1 is 1.09 bits per heavy atom. The van der Waals surface area contributed by atoms with Crippen LogP contribution in [0.5, 0.6) is 0 Å². The van der Waals surface area contributed by atoms with Crippen molar-refractivity contribution < 1.29 is 4.74 Å². The molecule has 1 aliphatic heterocycles. The van der Waals surface area contributed by atoms with Gasteiger partial charge in [0.15, 0.2) is 0 Å². The van der Waals surface area contributed by atoms with Gasteiger partial charge in [-0.2, -0.15) is 0 Å². The maximum absolute atomic E-state index is 5.51. The molecule has 0 spiro atoms. The molecule has 23 heavy (non-hydrogen) atoms. The monoisotopic (exact) mass is 330 g/mol. The molecule has 2 aromatic rings. The van der Waals surface area contributed by atoms with Gasteiger partial charge < -0.3 is 10.1 Å². The molecule has 1 aromatic carbocycles. The predicted octanol–water partition coefficient (Wildman–Crippen LogP) is 3.51. The normalized spacial score (nSPS) is 18.7. The summed E-state index contributed by atoms with van der Waals surface area (Å²) in [6, 6.07) is 15.6. The molecule has 124 valence electrons. The van der Waals surface area contributed by atoms with E-state index in [2.05, 4.69) is 65.0 Å². The molecule has 0 bridgehead atoms. The van der Waals surface area contributed by atoms with Crippen LogP contribution in [0.1, 0.15) is 29.3 Å². The second kappa shape index (κ2) is 8.60. The quantitative estimate of drug-likeness (QED) is 0.841. The first-order chi connectivity index (χ1) is 11.3. The van der Waals surface area contributed by atoms with Crippen LogP contribution in [0.3, 0.4) is 0 Å². The van der Waals surface area contributed by atoms with E-state index in [9.17, 15) is 0 Å². The van der Waals surface area contributed by atoms with Gasteiger partial charge in [0.2, 0.25) is 0 Å². The van der Waals surface area contributed by atoms with E-state index in [1.54, 1.807) is 0 Å². The van der Waals surface area contributed by atoms with E-state index >= 15 is 0 Å². The van der Waals surface area contributed by atoms with Crippen LogP contribution in [-0.2, 0) is 4.74 Å². The second-order valence-corrected chi connectivity index (χ2v) is 7.13. The Morgan fingerprint density at radius 2 is 1.87 bits per heavy atom. The summed E-state index contributed by atoms with van der Waals surface area (Å²) in [6.45, 7) is 8.05. The van der Waals surface area contributed by atoms with Gasteiger partial charge in [-0.15, -0.1) is 11.3 Å². The fourth-order valence-corrected chi connectivity index (χ4v) is 3.98. The van der Waals surface area contributed by atoms with E-state index in [1.807, 2.05) is 11.3 Å². The van der Waals surface area contributed by atoms with Crippen molar-refractivity contribution in [2.75, 3.05) is 39.4 Å². The SMILES string of the molecule is CC(CNCC(c1cccs1)N1CCOCC1)c1ccccc1. The van der Waals surface area contributed by atoms with Crippen molar-refractivity contribution in [1.82, 2.24) is 10.2 Å². The number of rotatable bonds is 7. The van der Waals surface area contributed by atoms with Gasteiger partial charge in [-0.3, -0.25) is 4.90 Å². The topological polar surface area (TPSA) is 24.5 Å². The van der Waals surface area contributed by atoms with Gasteiger partial charge in [0.05, 0.1) is 19.3 Å². The number of nitrogens with zero attached hydrogens (tertiary/aromatic N) is 1. The molecular formula is C19H26N2OS. The summed E-state index contributed by atoms with van der Waals surface area (Å²) in [7, 11) is 0. The van der Waals surface area contributed by atoms with E-state index in [-0.39, 0.29) is 0 Å². The highest BCUT2D eigenvalue weighted by Gasteiger charge is 2.23. The number of ether oxygens (including phenoxy) is 1. The minimum atomic E-state index is 0.460. The van der Waals surface area contributed by atoms with Crippen LogP contribution in [0.4, 0.5) is 0 Å². The first-order valence-electron chi connectivity index (χ1n) is 8.45. The third-order valence-corrected chi connectivity index (χ3v) is 5.49. The lowest BCUT2D eigenvalue weighted by atomic mass is 10.0. The Bertz CT molecular complexity index is 552. The summed E-state index contributed by atoms with van der Waals surface area (Å²) in [4.78, 5) is 4.00. The molecule has 1 aromatic heterocycles. The summed E-state index contributed by atoms with van der Waals surface area (Å²) in [5.74, 6) is 0.532. The van der Waals surface area contributed by atoms with E-state index in [1.165, 1.54) is 10.4 Å². The molecule has 3 nitrogen and oxygen atoms in total. The Labute approximate surface area is 143 Å². The maximum atomic E-state index is 5.51. The molecule has 0 amide bonds. The minimum Gasteiger partial charge on any atom is -0.379 e. The van der Waals surface area contributed by atoms with Crippen LogP contribution in [0.2, 0.25) is 0 Å². The Kier molecular flexibility index (Phi) is 6.22. The van der Waals surface area contributed by atoms with Crippen molar-refractivity contribution in [3.8, 4) is 0 Å². The third kappa shape index (κ3) is 4.64. The van der Waals surface area contributed by atoms with Crippen molar-refractivity contribution in [3.63, 3.8) is 0 Å². The number of nitrogens with one attached hydrogen (secondary N) is 1. The number of thiophene rings is 1. The van der Waals surface area contributed by atoms with E-state index in [0.717, 1.165) is 39.4 Å². The molecule has 1 saturated heterocycles. The summed E-state index contributed by atoms with van der Waals surface area (Å²) in [5, 5.41) is 5.87. The average molecular weight is 330 g/mol. The molecular weight excluding hydrogens is 304 g/mol. The lowest BCUT2D eigenvalue weighted by Crippen LogP contribution is -2.43. The lowest BCUT2D eigenvalue weighted by Gasteiger charge is -2.34. The fourth-order valence-electron chi connectivity index (χ4n) is 3.12. The van der Waals surface area contributed by atoms with Gasteiger partial charge in [0.1, 0.15) is 0 Å². The zero-order valence-corrected chi connectivity index (χ0v) is 14.6. The highest BCUT2D eigenvalue weighted by atomic mass is 32.1. The fraction of sp³-hybridized carbons (Fsp3) is 0.474. The highest BCUT2D eigenvalue weighted by molar-refractivity contribution is 7.10. The number of morpholine rings is 1. The van der Waals surface area contributed by atoms with Gasteiger partial charge >= 0.3 is 0 Å². The van der Waals surface area contributed by atoms with E-state index < -0.39 is 0 Å². The van der Waals surface area contributed by atoms with Crippen molar-refractivity contribution >= 4 is 11.3 Å². The molecule has 2 heterocycles. The molecule has 0 saturated carbocycles. The van der Waals surface area contributed by atoms with E-state index in [0.29, 0.717) is 12.0 Å². The summed E-state index contributed by atoms with van der Waals surface area (Å²) < 4.78 is 5.51. The first kappa shape index (κ1) is 16.7. The third-order valence-electron chi connectivity index (χ3n) is 4.51. The van der Waals surface area contributed by atoms with Gasteiger partial charge in [-0.25, -0.2) is 0 Å². The van der Waals surface area contributed by atoms with Crippen molar-refractivity contribution in [3.05, 3.63) is 58.3 Å². The molecule has 4 heteroatoms. The van der Waals surface area contributed by atoms with Crippen LogP contribution in [-0.4, -0.2) is 44.3 Å². The minimum absolute atomic E-state index is 0.460. The molecule has 2 atom stereocenters. The van der Waals surface area contributed by atoms with Crippen LogP contribution >= 0.6 is 11.3 Å². The van der Waals surface area contributed by atoms with E-state index in [4.69, 9.17) is 4.74 Å². The zero-order valence-electron chi connectivity index (χ0n) is 13.8. The molecule has 0 aliphatic carbocycles. The lowest BCUT2D eigenvalue weighted by molar-refractivity contribution is 0.0168. The van der Waals surface area contributed by atoms with Crippen LogP contribution in [0.25, 0.3) is 0 Å². The van der Waals surface area contributed by atoms with Crippen molar-refractivity contribution in [2.24, 2.45) is 0 Å². The van der Waals surface area contributed by atoms with Crippen molar-refractivity contribution in [2.45, 2.75) is 18.9 Å². The maximum Gasteiger partial charge on any atom is 0.0594 e. The average Bonchev–Trinajstić information content (AvgIpc) is 3.14. The molecule has 1 N–H and O–H groups in total. The molecule has 2 unspecified atom stereocenters. The second-order valence-electron chi connectivity index (χ2n) is 6.15. The largest absolute Gasteiger partial charge is 0.379 e. The molecule has 1 fully saturated rings. The van der Waals surface area contributed by atoms with Crippen LogP contribution < -0.4 is 5.32 Å². The standard InChI is InChI=1S/C19H26N2OS/c1-16(17-6-3-2-4-7-17)14-20-15-18(19-8-5-13-23-19)21-9-11-22-12-10-21/h2-8,13,16,18,20H,9-12,14-15H2,1H3. The highest BCUT2D eigenvalue weighted by Crippen LogP contribution is 2.25. The van der Waals surface area contributed by atoms with Gasteiger partial charge in [0, 0.05) is 31.1 Å². The Morgan fingerprint density at radius 3 is 2.57 bits per heavy atom. The molecule has 1 aliphatic rings. The molecule has 0 radical (unpaired) electrons. The molecule has 3 rings (SSSR count). The summed E-state index contributed by atoms with van der Waals surface area (Å²) in [6.07, 6.45) is 0. The van der Waals surface area contributed by atoms with Crippen LogP contribution in [0, 0.1) is 0 Å². The smallest absolute Gasteiger partial charge is 0.0594 e. The first-order valence-corrected chi connectivity index (χ1v) is 9.33. The summed E-state index contributed by atoms with van der Waals surface area (Å²) >= 11 is 1.86. The predicted molar refractivity (Wildman–Crippen MR) is 97.2 cm³/mol. The van der Waals surface area contributed by atoms with Gasteiger partial charge in [-0.05, 0) is 22.9 Å². The summed E-state index contributed by atoms with van der Waals surface area (Å²) in [5.41, 5.74) is 1.40. The van der Waals surface area contributed by atoms with Gasteiger partial charge in [0.25, 0.3) is 0 Å². The number of benzene rings is 1. The number of hydrogen-bond donors (Lipinski definition) is 1.